The maximum atomic E-state index is 12.0. The van der Waals surface area contributed by atoms with Gasteiger partial charge in [0.1, 0.15) is 5.69 Å². The second kappa shape index (κ2) is 5.50. The average molecular weight is 275 g/mol. The van der Waals surface area contributed by atoms with Crippen LogP contribution >= 0.6 is 0 Å². The van der Waals surface area contributed by atoms with Gasteiger partial charge in [0, 0.05) is 18.5 Å². The van der Waals surface area contributed by atoms with Gasteiger partial charge < -0.3 is 19.5 Å². The van der Waals surface area contributed by atoms with Crippen LogP contribution in [0.15, 0.2) is 22.7 Å². The Hall–Kier alpha value is -2.08. The van der Waals surface area contributed by atoms with E-state index in [1.54, 1.807) is 4.90 Å². The molecular weight excluding hydrogens is 258 g/mol. The van der Waals surface area contributed by atoms with Gasteiger partial charge in [0.15, 0.2) is 5.58 Å². The number of benzene rings is 1. The van der Waals surface area contributed by atoms with E-state index in [2.05, 4.69) is 10.5 Å². The SMILES string of the molecule is Cc1ccc2onc(CNC(=O)N3CCOCC3)c2c1. The van der Waals surface area contributed by atoms with Gasteiger partial charge in [-0.05, 0) is 19.1 Å². The van der Waals surface area contributed by atoms with Gasteiger partial charge in [-0.2, -0.15) is 0 Å². The lowest BCUT2D eigenvalue weighted by atomic mass is 10.1. The molecule has 0 spiro atoms. The van der Waals surface area contributed by atoms with Gasteiger partial charge in [-0.15, -0.1) is 0 Å². The molecule has 0 unspecified atom stereocenters. The molecule has 0 atom stereocenters. The first kappa shape index (κ1) is 12.9. The number of nitrogens with zero attached hydrogens (tertiary/aromatic N) is 2. The third kappa shape index (κ3) is 2.60. The maximum absolute atomic E-state index is 12.0. The van der Waals surface area contributed by atoms with E-state index in [-0.39, 0.29) is 6.03 Å². The first-order valence-corrected chi connectivity index (χ1v) is 6.69. The van der Waals surface area contributed by atoms with Crippen LogP contribution in [0.5, 0.6) is 0 Å². The molecule has 20 heavy (non-hydrogen) atoms. The summed E-state index contributed by atoms with van der Waals surface area (Å²) in [5, 5.41) is 7.85. The van der Waals surface area contributed by atoms with Crippen LogP contribution in [0.1, 0.15) is 11.3 Å². The lowest BCUT2D eigenvalue weighted by Crippen LogP contribution is -2.45. The zero-order valence-corrected chi connectivity index (χ0v) is 11.4. The van der Waals surface area contributed by atoms with Crippen molar-refractivity contribution in [3.63, 3.8) is 0 Å². The number of hydrogen-bond acceptors (Lipinski definition) is 4. The molecule has 2 heterocycles. The summed E-state index contributed by atoms with van der Waals surface area (Å²) in [7, 11) is 0. The van der Waals surface area contributed by atoms with Crippen LogP contribution in [-0.2, 0) is 11.3 Å². The number of aryl methyl sites for hydroxylation is 1. The lowest BCUT2D eigenvalue weighted by Gasteiger charge is -2.26. The van der Waals surface area contributed by atoms with Gasteiger partial charge in [0.05, 0.1) is 19.8 Å². The predicted octanol–water partition coefficient (Wildman–Crippen LogP) is 1.68. The second-order valence-electron chi connectivity index (χ2n) is 4.89. The van der Waals surface area contributed by atoms with E-state index >= 15 is 0 Å². The largest absolute Gasteiger partial charge is 0.378 e. The fraction of sp³-hybridized carbons (Fsp3) is 0.429. The number of urea groups is 1. The Morgan fingerprint density at radius 2 is 2.20 bits per heavy atom. The van der Waals surface area contributed by atoms with Gasteiger partial charge in [-0.25, -0.2) is 4.79 Å². The Kier molecular flexibility index (Phi) is 3.56. The summed E-state index contributed by atoms with van der Waals surface area (Å²) in [6.07, 6.45) is 0. The van der Waals surface area contributed by atoms with Crippen LogP contribution in [0.2, 0.25) is 0 Å². The smallest absolute Gasteiger partial charge is 0.317 e. The van der Waals surface area contributed by atoms with E-state index in [4.69, 9.17) is 9.26 Å². The third-order valence-electron chi connectivity index (χ3n) is 3.41. The minimum absolute atomic E-state index is 0.0860. The first-order valence-electron chi connectivity index (χ1n) is 6.69. The molecule has 2 aromatic rings. The van der Waals surface area contributed by atoms with Crippen LogP contribution in [-0.4, -0.2) is 42.4 Å². The number of nitrogens with one attached hydrogen (secondary N) is 1. The molecule has 6 heteroatoms. The number of rotatable bonds is 2. The van der Waals surface area contributed by atoms with Crippen molar-refractivity contribution in [2.45, 2.75) is 13.5 Å². The van der Waals surface area contributed by atoms with E-state index < -0.39 is 0 Å². The van der Waals surface area contributed by atoms with Crippen LogP contribution in [0, 0.1) is 6.92 Å². The highest BCUT2D eigenvalue weighted by molar-refractivity contribution is 5.81. The molecule has 0 bridgehead atoms. The first-order chi connectivity index (χ1) is 9.74. The van der Waals surface area contributed by atoms with Crippen LogP contribution in [0.4, 0.5) is 4.79 Å². The summed E-state index contributed by atoms with van der Waals surface area (Å²) in [5.41, 5.74) is 2.64. The van der Waals surface area contributed by atoms with Crippen molar-refractivity contribution < 1.29 is 14.1 Å². The number of aromatic nitrogens is 1. The van der Waals surface area contributed by atoms with E-state index in [1.165, 1.54) is 0 Å². The monoisotopic (exact) mass is 275 g/mol. The maximum Gasteiger partial charge on any atom is 0.317 e. The van der Waals surface area contributed by atoms with Crippen molar-refractivity contribution in [2.24, 2.45) is 0 Å². The molecule has 1 saturated heterocycles. The summed E-state index contributed by atoms with van der Waals surface area (Å²) >= 11 is 0. The highest BCUT2D eigenvalue weighted by Gasteiger charge is 2.17. The Bertz CT molecular complexity index is 617. The van der Waals surface area contributed by atoms with E-state index in [0.29, 0.717) is 32.8 Å². The summed E-state index contributed by atoms with van der Waals surface area (Å²) in [6, 6.07) is 5.80. The standard InChI is InChI=1S/C14H17N3O3/c1-10-2-3-13-11(8-10)12(16-20-13)9-15-14(18)17-4-6-19-7-5-17/h2-3,8H,4-7,9H2,1H3,(H,15,18). The molecule has 0 saturated carbocycles. The van der Waals surface area contributed by atoms with E-state index in [9.17, 15) is 4.79 Å². The zero-order chi connectivity index (χ0) is 13.9. The quantitative estimate of drug-likeness (QED) is 0.905. The molecule has 1 aliphatic heterocycles. The zero-order valence-electron chi connectivity index (χ0n) is 11.4. The van der Waals surface area contributed by atoms with Crippen molar-refractivity contribution in [1.29, 1.82) is 0 Å². The van der Waals surface area contributed by atoms with Gasteiger partial charge in [0.25, 0.3) is 0 Å². The van der Waals surface area contributed by atoms with E-state index in [1.807, 2.05) is 25.1 Å². The number of carbonyl (C=O) groups is 1. The molecule has 6 nitrogen and oxygen atoms in total. The fourth-order valence-electron chi connectivity index (χ4n) is 2.27. The molecule has 1 fully saturated rings. The Balaban J connectivity index is 1.67. The summed E-state index contributed by atoms with van der Waals surface area (Å²) < 4.78 is 10.5. The van der Waals surface area contributed by atoms with Gasteiger partial charge >= 0.3 is 6.03 Å². The number of morpholine rings is 1. The minimum atomic E-state index is -0.0860. The third-order valence-corrected chi connectivity index (χ3v) is 3.41. The molecule has 1 aromatic heterocycles. The fourth-order valence-corrected chi connectivity index (χ4v) is 2.27. The van der Waals surface area contributed by atoms with E-state index in [0.717, 1.165) is 22.2 Å². The highest BCUT2D eigenvalue weighted by Crippen LogP contribution is 2.19. The number of ether oxygens (including phenoxy) is 1. The molecule has 1 aromatic carbocycles. The van der Waals surface area contributed by atoms with Crippen molar-refractivity contribution in [1.82, 2.24) is 15.4 Å². The van der Waals surface area contributed by atoms with Gasteiger partial charge in [-0.3, -0.25) is 0 Å². The molecule has 0 radical (unpaired) electrons. The van der Waals surface area contributed by atoms with Crippen molar-refractivity contribution in [3.8, 4) is 0 Å². The number of hydrogen-bond donors (Lipinski definition) is 1. The number of fused-ring (bicyclic) bond motifs is 1. The Labute approximate surface area is 116 Å². The Morgan fingerprint density at radius 1 is 1.40 bits per heavy atom. The van der Waals surface area contributed by atoms with Crippen molar-refractivity contribution in [3.05, 3.63) is 29.5 Å². The van der Waals surface area contributed by atoms with Crippen molar-refractivity contribution >= 4 is 17.0 Å². The van der Waals surface area contributed by atoms with Crippen LogP contribution < -0.4 is 5.32 Å². The molecule has 1 N–H and O–H groups in total. The summed E-state index contributed by atoms with van der Waals surface area (Å²) in [5.74, 6) is 0. The molecule has 2 amide bonds. The van der Waals surface area contributed by atoms with Crippen LogP contribution in [0.3, 0.4) is 0 Å². The van der Waals surface area contributed by atoms with Crippen LogP contribution in [0.25, 0.3) is 11.0 Å². The molecule has 1 aliphatic rings. The number of carbonyl (C=O) groups excluding carboxylic acids is 1. The molecule has 106 valence electrons. The molecular formula is C14H17N3O3. The summed E-state index contributed by atoms with van der Waals surface area (Å²) in [6.45, 7) is 4.84. The average Bonchev–Trinajstić information content (AvgIpc) is 2.88. The predicted molar refractivity (Wildman–Crippen MR) is 73.4 cm³/mol. The van der Waals surface area contributed by atoms with Gasteiger partial charge in [-0.1, -0.05) is 16.8 Å². The summed E-state index contributed by atoms with van der Waals surface area (Å²) in [4.78, 5) is 13.7. The lowest BCUT2D eigenvalue weighted by molar-refractivity contribution is 0.0531. The molecule has 3 rings (SSSR count). The highest BCUT2D eigenvalue weighted by atomic mass is 16.5. The Morgan fingerprint density at radius 3 is 3.00 bits per heavy atom. The normalized spacial score (nSPS) is 15.6. The minimum Gasteiger partial charge on any atom is -0.378 e. The second-order valence-corrected chi connectivity index (χ2v) is 4.89. The van der Waals surface area contributed by atoms with Crippen molar-refractivity contribution in [2.75, 3.05) is 26.3 Å². The topological polar surface area (TPSA) is 67.6 Å². The number of amides is 2. The molecule has 0 aliphatic carbocycles. The van der Waals surface area contributed by atoms with Gasteiger partial charge in [0.2, 0.25) is 0 Å².